The minimum Gasteiger partial charge on any atom is -0.349 e. The van der Waals surface area contributed by atoms with Gasteiger partial charge in [-0.15, -0.1) is 0 Å². The Morgan fingerprint density at radius 1 is 1.11 bits per heavy atom. The third kappa shape index (κ3) is 3.99. The van der Waals surface area contributed by atoms with E-state index >= 15 is 0 Å². The molecule has 1 N–H and O–H groups in total. The van der Waals surface area contributed by atoms with Crippen LogP contribution in [0.2, 0.25) is 0 Å². The number of hydrogen-bond acceptors (Lipinski definition) is 2. The number of rotatable bonds is 6. The Morgan fingerprint density at radius 2 is 1.83 bits per heavy atom. The Hall–Kier alpha value is -1.64. The maximum absolute atomic E-state index is 11.9. The van der Waals surface area contributed by atoms with Crippen LogP contribution >= 0.6 is 0 Å². The number of nitrogens with one attached hydrogen (secondary N) is 1. The number of hydrogen-bond donors (Lipinski definition) is 1. The number of amides is 1. The quantitative estimate of drug-likeness (QED) is 0.477. The summed E-state index contributed by atoms with van der Waals surface area (Å²) in [5.41, 5.74) is 2.61. The van der Waals surface area contributed by atoms with Crippen molar-refractivity contribution in [3.63, 3.8) is 0 Å². The van der Waals surface area contributed by atoms with Crippen molar-refractivity contribution in [1.29, 1.82) is 0 Å². The Labute approximate surface area is 109 Å². The third-order valence-electron chi connectivity index (χ3n) is 3.04. The summed E-state index contributed by atoms with van der Waals surface area (Å²) in [6, 6.07) is 5.34. The first-order chi connectivity index (χ1) is 8.56. The molecule has 0 saturated carbocycles. The molecule has 0 spiro atoms. The molecule has 1 rings (SSSR count). The van der Waals surface area contributed by atoms with Gasteiger partial charge in [0.15, 0.2) is 0 Å². The van der Waals surface area contributed by atoms with E-state index in [-0.39, 0.29) is 0 Å². The Balaban J connectivity index is 2.57. The molecule has 0 aromatic heterocycles. The molecule has 0 bridgehead atoms. The zero-order valence-electron chi connectivity index (χ0n) is 11.4. The largest absolute Gasteiger partial charge is 0.349 e. The molecule has 3 nitrogen and oxygen atoms in total. The first-order valence-corrected chi connectivity index (χ1v) is 6.46. The van der Waals surface area contributed by atoms with Crippen molar-refractivity contribution in [2.24, 2.45) is 0 Å². The van der Waals surface area contributed by atoms with Crippen LogP contribution in [-0.2, 0) is 4.79 Å². The lowest BCUT2D eigenvalue weighted by atomic mass is 10.0. The van der Waals surface area contributed by atoms with Gasteiger partial charge < -0.3 is 5.32 Å². The van der Waals surface area contributed by atoms with E-state index in [1.54, 1.807) is 12.1 Å². The van der Waals surface area contributed by atoms with Crippen LogP contribution in [0.5, 0.6) is 0 Å². The number of aryl methyl sites for hydroxylation is 2. The van der Waals surface area contributed by atoms with E-state index in [0.717, 1.165) is 30.4 Å². The van der Waals surface area contributed by atoms with Gasteiger partial charge in [0.1, 0.15) is 0 Å². The fourth-order valence-corrected chi connectivity index (χ4v) is 1.67. The van der Waals surface area contributed by atoms with Crippen molar-refractivity contribution in [3.8, 4) is 0 Å². The fraction of sp³-hybridized carbons (Fsp3) is 0.467. The smallest absolute Gasteiger partial charge is 0.292 e. The van der Waals surface area contributed by atoms with Gasteiger partial charge in [-0.25, -0.2) is 0 Å². The molecular weight excluding hydrogens is 226 g/mol. The standard InChI is InChI=1S/C15H21NO2/c1-4-5-6-9-16-15(18)14(17)13-8-7-11(2)12(3)10-13/h7-8,10H,4-6,9H2,1-3H3,(H,16,18). The van der Waals surface area contributed by atoms with Gasteiger partial charge in [0.05, 0.1) is 0 Å². The molecule has 18 heavy (non-hydrogen) atoms. The second kappa shape index (κ2) is 6.94. The number of benzene rings is 1. The molecule has 98 valence electrons. The lowest BCUT2D eigenvalue weighted by Gasteiger charge is -2.06. The lowest BCUT2D eigenvalue weighted by molar-refractivity contribution is -0.117. The molecule has 0 saturated heterocycles. The predicted octanol–water partition coefficient (Wildman–Crippen LogP) is 2.79. The van der Waals surface area contributed by atoms with Gasteiger partial charge in [-0.2, -0.15) is 0 Å². The third-order valence-corrected chi connectivity index (χ3v) is 3.04. The van der Waals surface area contributed by atoms with E-state index in [1.807, 2.05) is 19.9 Å². The molecule has 0 unspecified atom stereocenters. The SMILES string of the molecule is CCCCCNC(=O)C(=O)c1ccc(C)c(C)c1. The average molecular weight is 247 g/mol. The van der Waals surface area contributed by atoms with Gasteiger partial charge in [-0.05, 0) is 37.5 Å². The van der Waals surface area contributed by atoms with Crippen LogP contribution in [-0.4, -0.2) is 18.2 Å². The molecule has 1 amide bonds. The number of Topliss-reactive ketones (excluding diaryl/α,β-unsaturated/α-hetero) is 1. The molecule has 0 heterocycles. The molecule has 1 aromatic carbocycles. The Kier molecular flexibility index (Phi) is 5.56. The monoisotopic (exact) mass is 247 g/mol. The van der Waals surface area contributed by atoms with E-state index in [1.165, 1.54) is 0 Å². The topological polar surface area (TPSA) is 46.2 Å². The van der Waals surface area contributed by atoms with Crippen LogP contribution in [0.25, 0.3) is 0 Å². The second-order valence-electron chi connectivity index (χ2n) is 4.59. The molecule has 0 aliphatic rings. The van der Waals surface area contributed by atoms with E-state index in [4.69, 9.17) is 0 Å². The summed E-state index contributed by atoms with van der Waals surface area (Å²) in [6.45, 7) is 6.59. The molecular formula is C15H21NO2. The van der Waals surface area contributed by atoms with Gasteiger partial charge in [0.25, 0.3) is 5.91 Å². The second-order valence-corrected chi connectivity index (χ2v) is 4.59. The highest BCUT2D eigenvalue weighted by Crippen LogP contribution is 2.10. The van der Waals surface area contributed by atoms with Crippen LogP contribution in [0.4, 0.5) is 0 Å². The molecule has 0 fully saturated rings. The minimum absolute atomic E-state index is 0.449. The van der Waals surface area contributed by atoms with Crippen LogP contribution in [0, 0.1) is 13.8 Å². The van der Waals surface area contributed by atoms with Crippen LogP contribution in [0.1, 0.15) is 47.7 Å². The van der Waals surface area contributed by atoms with Crippen molar-refractivity contribution in [3.05, 3.63) is 34.9 Å². The summed E-state index contributed by atoms with van der Waals surface area (Å²) < 4.78 is 0. The van der Waals surface area contributed by atoms with Gasteiger partial charge in [0.2, 0.25) is 5.78 Å². The van der Waals surface area contributed by atoms with E-state index in [2.05, 4.69) is 12.2 Å². The maximum atomic E-state index is 11.9. The van der Waals surface area contributed by atoms with Crippen molar-refractivity contribution < 1.29 is 9.59 Å². The van der Waals surface area contributed by atoms with Gasteiger partial charge in [-0.1, -0.05) is 31.9 Å². The first-order valence-electron chi connectivity index (χ1n) is 6.46. The predicted molar refractivity (Wildman–Crippen MR) is 72.8 cm³/mol. The maximum Gasteiger partial charge on any atom is 0.292 e. The van der Waals surface area contributed by atoms with E-state index < -0.39 is 11.7 Å². The molecule has 0 aliphatic carbocycles. The van der Waals surface area contributed by atoms with E-state index in [0.29, 0.717) is 12.1 Å². The molecule has 1 aromatic rings. The minimum atomic E-state index is -0.505. The summed E-state index contributed by atoms with van der Waals surface area (Å²) in [5, 5.41) is 2.66. The zero-order chi connectivity index (χ0) is 13.5. The summed E-state index contributed by atoms with van der Waals surface area (Å²) in [7, 11) is 0. The highest BCUT2D eigenvalue weighted by molar-refractivity contribution is 6.42. The Morgan fingerprint density at radius 3 is 2.44 bits per heavy atom. The summed E-state index contributed by atoms with van der Waals surface area (Å²) in [6.07, 6.45) is 3.08. The first kappa shape index (κ1) is 14.4. The fourth-order valence-electron chi connectivity index (χ4n) is 1.67. The van der Waals surface area contributed by atoms with Crippen LogP contribution < -0.4 is 5.32 Å². The van der Waals surface area contributed by atoms with Gasteiger partial charge >= 0.3 is 0 Å². The number of carbonyl (C=O) groups is 2. The van der Waals surface area contributed by atoms with Crippen molar-refractivity contribution in [2.75, 3.05) is 6.54 Å². The van der Waals surface area contributed by atoms with Crippen molar-refractivity contribution in [2.45, 2.75) is 40.0 Å². The highest BCUT2D eigenvalue weighted by Gasteiger charge is 2.15. The summed E-state index contributed by atoms with van der Waals surface area (Å²) in [5.74, 6) is -0.955. The van der Waals surface area contributed by atoms with Crippen molar-refractivity contribution >= 4 is 11.7 Å². The number of carbonyl (C=O) groups excluding carboxylic acids is 2. The normalized spacial score (nSPS) is 10.2. The highest BCUT2D eigenvalue weighted by atomic mass is 16.2. The molecule has 0 radical (unpaired) electrons. The summed E-state index contributed by atoms with van der Waals surface area (Å²) in [4.78, 5) is 23.5. The lowest BCUT2D eigenvalue weighted by Crippen LogP contribution is -2.31. The van der Waals surface area contributed by atoms with Crippen molar-refractivity contribution in [1.82, 2.24) is 5.32 Å². The van der Waals surface area contributed by atoms with Gasteiger partial charge in [-0.3, -0.25) is 9.59 Å². The number of ketones is 1. The Bertz CT molecular complexity index is 438. The zero-order valence-corrected chi connectivity index (χ0v) is 11.4. The molecule has 0 atom stereocenters. The average Bonchev–Trinajstić information content (AvgIpc) is 2.37. The van der Waals surface area contributed by atoms with E-state index in [9.17, 15) is 9.59 Å². The van der Waals surface area contributed by atoms with Gasteiger partial charge in [0, 0.05) is 12.1 Å². The van der Waals surface area contributed by atoms with Crippen LogP contribution in [0.3, 0.4) is 0 Å². The molecule has 3 heteroatoms. The summed E-state index contributed by atoms with van der Waals surface area (Å²) >= 11 is 0. The number of unbranched alkanes of at least 4 members (excludes halogenated alkanes) is 2. The molecule has 0 aliphatic heterocycles. The van der Waals surface area contributed by atoms with Crippen LogP contribution in [0.15, 0.2) is 18.2 Å².